The molecule has 3 nitrogen and oxygen atoms in total. The highest BCUT2D eigenvalue weighted by atomic mass is 32.1. The van der Waals surface area contributed by atoms with E-state index in [1.807, 2.05) is 42.5 Å². The molecule has 0 spiro atoms. The van der Waals surface area contributed by atoms with Crippen LogP contribution < -0.4 is 5.73 Å². The second-order valence-corrected chi connectivity index (χ2v) is 6.22. The lowest BCUT2D eigenvalue weighted by Gasteiger charge is -2.16. The largest absolute Gasteiger partial charge is 0.384 e. The second kappa shape index (κ2) is 6.35. The van der Waals surface area contributed by atoms with Gasteiger partial charge in [0, 0.05) is 6.04 Å². The molecule has 3 rings (SSSR count). The molecule has 0 aliphatic rings. The molecule has 2 atom stereocenters. The minimum atomic E-state index is -0.703. The van der Waals surface area contributed by atoms with Crippen LogP contribution in [0.5, 0.6) is 0 Å². The zero-order valence-corrected chi connectivity index (χ0v) is 12.5. The normalized spacial score (nSPS) is 14.2. The standard InChI is InChI=1S/C17H18N2OS/c18-13(11-10-12-6-2-1-3-7-12)16(20)17-19-14-8-4-5-9-15(14)21-17/h1-9,13,16,20H,10-11,18H2/t13-,16?/m0/s1. The predicted octanol–water partition coefficient (Wildman–Crippen LogP) is 3.29. The molecule has 21 heavy (non-hydrogen) atoms. The van der Waals surface area contributed by atoms with Crippen LogP contribution in [0.1, 0.15) is 23.1 Å². The van der Waals surface area contributed by atoms with E-state index in [9.17, 15) is 5.11 Å². The van der Waals surface area contributed by atoms with Crippen LogP contribution in [0, 0.1) is 0 Å². The second-order valence-electron chi connectivity index (χ2n) is 5.15. The van der Waals surface area contributed by atoms with Crippen molar-refractivity contribution < 1.29 is 5.11 Å². The van der Waals surface area contributed by atoms with Gasteiger partial charge >= 0.3 is 0 Å². The van der Waals surface area contributed by atoms with E-state index >= 15 is 0 Å². The number of aliphatic hydroxyl groups excluding tert-OH is 1. The fraction of sp³-hybridized carbons (Fsp3) is 0.235. The molecule has 1 aromatic heterocycles. The number of nitrogens with zero attached hydrogens (tertiary/aromatic N) is 1. The lowest BCUT2D eigenvalue weighted by molar-refractivity contribution is 0.142. The van der Waals surface area contributed by atoms with Gasteiger partial charge in [-0.1, -0.05) is 42.5 Å². The van der Waals surface area contributed by atoms with Crippen molar-refractivity contribution in [1.82, 2.24) is 4.98 Å². The van der Waals surface area contributed by atoms with Gasteiger partial charge in [-0.2, -0.15) is 0 Å². The van der Waals surface area contributed by atoms with Crippen molar-refractivity contribution in [2.45, 2.75) is 25.0 Å². The van der Waals surface area contributed by atoms with Gasteiger partial charge < -0.3 is 10.8 Å². The van der Waals surface area contributed by atoms with Crippen LogP contribution in [0.25, 0.3) is 10.2 Å². The first-order valence-electron chi connectivity index (χ1n) is 7.07. The number of para-hydroxylation sites is 1. The minimum Gasteiger partial charge on any atom is -0.384 e. The Morgan fingerprint density at radius 1 is 1.05 bits per heavy atom. The van der Waals surface area contributed by atoms with Gasteiger partial charge in [0.25, 0.3) is 0 Å². The van der Waals surface area contributed by atoms with Crippen LogP contribution in [0.3, 0.4) is 0 Å². The number of fused-ring (bicyclic) bond motifs is 1. The number of aromatic nitrogens is 1. The monoisotopic (exact) mass is 298 g/mol. The summed E-state index contributed by atoms with van der Waals surface area (Å²) in [7, 11) is 0. The Balaban J connectivity index is 1.67. The molecule has 0 radical (unpaired) electrons. The van der Waals surface area contributed by atoms with E-state index in [0.717, 1.165) is 23.1 Å². The summed E-state index contributed by atoms with van der Waals surface area (Å²) in [4.78, 5) is 4.48. The van der Waals surface area contributed by atoms with Crippen molar-refractivity contribution >= 4 is 21.6 Å². The van der Waals surface area contributed by atoms with E-state index in [1.165, 1.54) is 16.9 Å². The van der Waals surface area contributed by atoms with E-state index in [4.69, 9.17) is 5.73 Å². The van der Waals surface area contributed by atoms with E-state index in [1.54, 1.807) is 0 Å². The van der Waals surface area contributed by atoms with Crippen molar-refractivity contribution in [3.63, 3.8) is 0 Å². The van der Waals surface area contributed by atoms with Crippen LogP contribution in [-0.4, -0.2) is 16.1 Å². The van der Waals surface area contributed by atoms with Crippen LogP contribution in [0.4, 0.5) is 0 Å². The Labute approximate surface area is 128 Å². The molecular weight excluding hydrogens is 280 g/mol. The summed E-state index contributed by atoms with van der Waals surface area (Å²) in [5.41, 5.74) is 8.30. The quantitative estimate of drug-likeness (QED) is 0.760. The Kier molecular flexibility index (Phi) is 4.29. The van der Waals surface area contributed by atoms with Crippen molar-refractivity contribution in [1.29, 1.82) is 0 Å². The van der Waals surface area contributed by atoms with Gasteiger partial charge in [0.05, 0.1) is 10.2 Å². The highest BCUT2D eigenvalue weighted by Crippen LogP contribution is 2.28. The summed E-state index contributed by atoms with van der Waals surface area (Å²) in [5, 5.41) is 11.1. The summed E-state index contributed by atoms with van der Waals surface area (Å²) < 4.78 is 1.09. The maximum atomic E-state index is 10.4. The Morgan fingerprint density at radius 3 is 2.52 bits per heavy atom. The van der Waals surface area contributed by atoms with Crippen LogP contribution in [-0.2, 0) is 6.42 Å². The van der Waals surface area contributed by atoms with Crippen LogP contribution in [0.15, 0.2) is 54.6 Å². The average molecular weight is 298 g/mol. The van der Waals surface area contributed by atoms with E-state index < -0.39 is 6.10 Å². The molecular formula is C17H18N2OS. The lowest BCUT2D eigenvalue weighted by atomic mass is 10.0. The van der Waals surface area contributed by atoms with Gasteiger partial charge in [-0.3, -0.25) is 0 Å². The summed E-state index contributed by atoms with van der Waals surface area (Å²) in [6, 6.07) is 17.8. The van der Waals surface area contributed by atoms with Crippen LogP contribution >= 0.6 is 11.3 Å². The molecule has 3 aromatic rings. The summed E-state index contributed by atoms with van der Waals surface area (Å²) in [6.07, 6.45) is 0.900. The molecule has 0 amide bonds. The van der Waals surface area contributed by atoms with Crippen molar-refractivity contribution in [2.75, 3.05) is 0 Å². The number of nitrogens with two attached hydrogens (primary N) is 1. The Hall–Kier alpha value is -1.75. The first-order chi connectivity index (χ1) is 10.2. The third kappa shape index (κ3) is 3.29. The maximum absolute atomic E-state index is 10.4. The van der Waals surface area contributed by atoms with Gasteiger partial charge in [0.1, 0.15) is 11.1 Å². The molecule has 1 heterocycles. The SMILES string of the molecule is N[C@@H](CCc1ccccc1)C(O)c1nc2ccccc2s1. The molecule has 0 aliphatic heterocycles. The van der Waals surface area contributed by atoms with Gasteiger partial charge in [0.15, 0.2) is 0 Å². The topological polar surface area (TPSA) is 59.1 Å². The van der Waals surface area contributed by atoms with Crippen molar-refractivity contribution in [3.8, 4) is 0 Å². The number of aliphatic hydroxyl groups is 1. The lowest BCUT2D eigenvalue weighted by Crippen LogP contribution is -2.28. The zero-order chi connectivity index (χ0) is 14.7. The Bertz CT molecular complexity index is 678. The zero-order valence-electron chi connectivity index (χ0n) is 11.6. The summed E-state index contributed by atoms with van der Waals surface area (Å²) in [6.45, 7) is 0. The Morgan fingerprint density at radius 2 is 1.76 bits per heavy atom. The molecule has 0 saturated carbocycles. The van der Waals surface area contributed by atoms with Crippen LogP contribution in [0.2, 0.25) is 0 Å². The van der Waals surface area contributed by atoms with Gasteiger partial charge in [-0.25, -0.2) is 4.98 Å². The highest BCUT2D eigenvalue weighted by molar-refractivity contribution is 7.18. The molecule has 3 N–H and O–H groups in total. The fourth-order valence-corrected chi connectivity index (χ4v) is 3.37. The number of rotatable bonds is 5. The third-order valence-corrected chi connectivity index (χ3v) is 4.69. The third-order valence-electron chi connectivity index (χ3n) is 3.58. The first kappa shape index (κ1) is 14.2. The molecule has 1 unspecified atom stereocenters. The maximum Gasteiger partial charge on any atom is 0.124 e. The molecule has 0 fully saturated rings. The molecule has 108 valence electrons. The molecule has 0 aliphatic carbocycles. The average Bonchev–Trinajstić information content (AvgIpc) is 2.97. The summed E-state index contributed by atoms with van der Waals surface area (Å²) in [5.74, 6) is 0. The van der Waals surface area contributed by atoms with Gasteiger partial charge in [-0.15, -0.1) is 11.3 Å². The predicted molar refractivity (Wildman–Crippen MR) is 87.3 cm³/mol. The highest BCUT2D eigenvalue weighted by Gasteiger charge is 2.20. The van der Waals surface area contributed by atoms with E-state index in [2.05, 4.69) is 17.1 Å². The minimum absolute atomic E-state index is 0.300. The first-order valence-corrected chi connectivity index (χ1v) is 7.89. The fourth-order valence-electron chi connectivity index (χ4n) is 2.34. The number of aryl methyl sites for hydroxylation is 1. The smallest absolute Gasteiger partial charge is 0.124 e. The van der Waals surface area contributed by atoms with E-state index in [-0.39, 0.29) is 6.04 Å². The van der Waals surface area contributed by atoms with Gasteiger partial charge in [0.2, 0.25) is 0 Å². The van der Waals surface area contributed by atoms with Crippen molar-refractivity contribution in [3.05, 3.63) is 65.2 Å². The van der Waals surface area contributed by atoms with Crippen molar-refractivity contribution in [2.24, 2.45) is 5.73 Å². The number of hydrogen-bond donors (Lipinski definition) is 2. The molecule has 2 aromatic carbocycles. The van der Waals surface area contributed by atoms with Gasteiger partial charge in [-0.05, 0) is 30.5 Å². The number of benzene rings is 2. The molecule has 0 saturated heterocycles. The molecule has 4 heteroatoms. The molecule has 0 bridgehead atoms. The number of thiazole rings is 1. The van der Waals surface area contributed by atoms with E-state index in [0.29, 0.717) is 5.01 Å². The number of hydrogen-bond acceptors (Lipinski definition) is 4. The summed E-state index contributed by atoms with van der Waals surface area (Å²) >= 11 is 1.51.